The van der Waals surface area contributed by atoms with Crippen LogP contribution in [-0.2, 0) is 16.4 Å². The third-order valence-corrected chi connectivity index (χ3v) is 6.17. The van der Waals surface area contributed by atoms with Gasteiger partial charge in [-0.1, -0.05) is 35.5 Å². The Hall–Kier alpha value is -2.03. The maximum absolute atomic E-state index is 12.4. The van der Waals surface area contributed by atoms with E-state index in [0.717, 1.165) is 16.1 Å². The van der Waals surface area contributed by atoms with E-state index in [2.05, 4.69) is 14.9 Å². The molecule has 3 aromatic rings. The van der Waals surface area contributed by atoms with E-state index in [4.69, 9.17) is 4.52 Å². The summed E-state index contributed by atoms with van der Waals surface area (Å²) in [4.78, 5) is 5.56. The highest BCUT2D eigenvalue weighted by Gasteiger charge is 2.23. The van der Waals surface area contributed by atoms with Crippen LogP contribution in [0.25, 0.3) is 11.3 Å². The van der Waals surface area contributed by atoms with E-state index in [0.29, 0.717) is 17.9 Å². The first-order valence-corrected chi connectivity index (χ1v) is 9.75. The first-order chi connectivity index (χ1) is 11.5. The molecule has 126 valence electrons. The van der Waals surface area contributed by atoms with Crippen molar-refractivity contribution in [3.05, 3.63) is 52.2 Å². The van der Waals surface area contributed by atoms with Gasteiger partial charge in [0.05, 0.1) is 11.2 Å². The van der Waals surface area contributed by atoms with Gasteiger partial charge in [-0.15, -0.1) is 11.3 Å². The van der Waals surface area contributed by atoms with Gasteiger partial charge < -0.3 is 4.52 Å². The van der Waals surface area contributed by atoms with Gasteiger partial charge in [0.15, 0.2) is 5.76 Å². The minimum atomic E-state index is -3.63. The predicted molar refractivity (Wildman–Crippen MR) is 92.4 cm³/mol. The van der Waals surface area contributed by atoms with Crippen molar-refractivity contribution in [2.45, 2.75) is 25.2 Å². The lowest BCUT2D eigenvalue weighted by molar-refractivity contribution is 0.390. The van der Waals surface area contributed by atoms with Gasteiger partial charge in [-0.2, -0.15) is 0 Å². The van der Waals surface area contributed by atoms with Crippen LogP contribution in [0.3, 0.4) is 0 Å². The van der Waals surface area contributed by atoms with E-state index in [-0.39, 0.29) is 11.4 Å². The van der Waals surface area contributed by atoms with Crippen LogP contribution in [0.1, 0.15) is 16.3 Å². The molecule has 6 nitrogen and oxygen atoms in total. The molecule has 1 aromatic carbocycles. The fourth-order valence-corrected chi connectivity index (χ4v) is 4.65. The van der Waals surface area contributed by atoms with Gasteiger partial charge >= 0.3 is 0 Å². The fraction of sp³-hybridized carbons (Fsp3) is 0.250. The lowest BCUT2D eigenvalue weighted by Gasteiger charge is -2.06. The Morgan fingerprint density at radius 2 is 1.96 bits per heavy atom. The van der Waals surface area contributed by atoms with E-state index >= 15 is 0 Å². The average molecular weight is 363 g/mol. The summed E-state index contributed by atoms with van der Waals surface area (Å²) in [5.41, 5.74) is 4.07. The summed E-state index contributed by atoms with van der Waals surface area (Å²) in [7, 11) is -3.63. The lowest BCUT2D eigenvalue weighted by atomic mass is 10.1. The molecule has 0 atom stereocenters. The van der Waals surface area contributed by atoms with Gasteiger partial charge in [0.25, 0.3) is 0 Å². The molecule has 0 bridgehead atoms. The zero-order valence-electron chi connectivity index (χ0n) is 13.3. The van der Waals surface area contributed by atoms with Crippen molar-refractivity contribution in [3.8, 4) is 11.3 Å². The van der Waals surface area contributed by atoms with Crippen LogP contribution in [-0.4, -0.2) is 25.1 Å². The maximum Gasteiger partial charge on any atom is 0.245 e. The molecule has 0 saturated carbocycles. The third-order valence-electron chi connectivity index (χ3n) is 3.57. The number of benzene rings is 1. The van der Waals surface area contributed by atoms with Crippen LogP contribution in [0.4, 0.5) is 0 Å². The van der Waals surface area contributed by atoms with Gasteiger partial charge in [0.2, 0.25) is 10.0 Å². The van der Waals surface area contributed by atoms with Crippen LogP contribution in [0.2, 0.25) is 0 Å². The second-order valence-electron chi connectivity index (χ2n) is 5.29. The van der Waals surface area contributed by atoms with Gasteiger partial charge in [-0.3, -0.25) is 0 Å². The summed E-state index contributed by atoms with van der Waals surface area (Å²) in [6.07, 6.45) is 0.567. The summed E-state index contributed by atoms with van der Waals surface area (Å²) < 4.78 is 32.3. The monoisotopic (exact) mass is 363 g/mol. The Morgan fingerprint density at radius 3 is 2.62 bits per heavy atom. The number of hydrogen-bond acceptors (Lipinski definition) is 6. The number of aromatic nitrogens is 2. The van der Waals surface area contributed by atoms with Crippen molar-refractivity contribution in [2.24, 2.45) is 0 Å². The van der Waals surface area contributed by atoms with E-state index in [9.17, 15) is 8.42 Å². The van der Waals surface area contributed by atoms with Crippen LogP contribution in [0.5, 0.6) is 0 Å². The maximum atomic E-state index is 12.4. The molecule has 0 radical (unpaired) electrons. The minimum absolute atomic E-state index is 0.120. The molecule has 2 heterocycles. The Balaban J connectivity index is 1.71. The molecule has 3 rings (SSSR count). The summed E-state index contributed by atoms with van der Waals surface area (Å²) >= 11 is 1.52. The van der Waals surface area contributed by atoms with Crippen LogP contribution in [0, 0.1) is 13.8 Å². The molecule has 0 spiro atoms. The van der Waals surface area contributed by atoms with Crippen LogP contribution in [0.15, 0.2) is 45.3 Å². The summed E-state index contributed by atoms with van der Waals surface area (Å²) in [6.45, 7) is 3.49. The normalized spacial score (nSPS) is 11.8. The highest BCUT2D eigenvalue weighted by Crippen LogP contribution is 2.25. The van der Waals surface area contributed by atoms with E-state index in [1.807, 2.05) is 30.3 Å². The Morgan fingerprint density at radius 1 is 1.21 bits per heavy atom. The topological polar surface area (TPSA) is 85.1 Å². The smallest absolute Gasteiger partial charge is 0.245 e. The number of thiazole rings is 1. The van der Waals surface area contributed by atoms with Gasteiger partial charge in [-0.05, 0) is 20.3 Å². The lowest BCUT2D eigenvalue weighted by Crippen LogP contribution is -2.26. The molecule has 0 amide bonds. The number of nitrogens with one attached hydrogen (secondary N) is 1. The van der Waals surface area contributed by atoms with E-state index in [1.165, 1.54) is 11.3 Å². The second-order valence-corrected chi connectivity index (χ2v) is 7.93. The molecule has 1 N–H and O–H groups in total. The highest BCUT2D eigenvalue weighted by atomic mass is 32.2. The molecule has 8 heteroatoms. The standard InChI is InChI=1S/C16H17N3O3S2/c1-11-16(12(2)22-19-11)24(20,21)18-9-8-14-15(17-10-23-14)13-6-4-3-5-7-13/h3-7,10,18H,8-9H2,1-2H3. The molecule has 0 aliphatic carbocycles. The van der Waals surface area contributed by atoms with Crippen molar-refractivity contribution in [2.75, 3.05) is 6.54 Å². The Bertz CT molecular complexity index is 911. The number of rotatable bonds is 6. The van der Waals surface area contributed by atoms with Crippen molar-refractivity contribution < 1.29 is 12.9 Å². The molecule has 0 unspecified atom stereocenters. The van der Waals surface area contributed by atoms with Crippen molar-refractivity contribution in [1.29, 1.82) is 0 Å². The zero-order chi connectivity index (χ0) is 17.2. The highest BCUT2D eigenvalue weighted by molar-refractivity contribution is 7.89. The van der Waals surface area contributed by atoms with Gasteiger partial charge in [0, 0.05) is 17.0 Å². The molecule has 2 aromatic heterocycles. The summed E-state index contributed by atoms with van der Waals surface area (Å²) in [5, 5.41) is 3.69. The molecule has 0 fully saturated rings. The first-order valence-electron chi connectivity index (χ1n) is 7.39. The second kappa shape index (κ2) is 6.84. The third kappa shape index (κ3) is 3.40. The van der Waals surface area contributed by atoms with Gasteiger partial charge in [0.1, 0.15) is 10.6 Å². The minimum Gasteiger partial charge on any atom is -0.360 e. The Labute approximate surface area is 144 Å². The van der Waals surface area contributed by atoms with Crippen molar-refractivity contribution in [3.63, 3.8) is 0 Å². The molecular formula is C16H17N3O3S2. The van der Waals surface area contributed by atoms with Crippen molar-refractivity contribution >= 4 is 21.4 Å². The number of hydrogen-bond donors (Lipinski definition) is 1. The SMILES string of the molecule is Cc1noc(C)c1S(=O)(=O)NCCc1scnc1-c1ccccc1. The molecular weight excluding hydrogens is 346 g/mol. The molecule has 0 aliphatic heterocycles. The quantitative estimate of drug-likeness (QED) is 0.728. The molecule has 0 aliphatic rings. The fourth-order valence-electron chi connectivity index (χ4n) is 2.51. The Kier molecular flexibility index (Phi) is 4.79. The molecule has 0 saturated heterocycles. The average Bonchev–Trinajstić information content (AvgIpc) is 3.15. The number of nitrogens with zero attached hydrogens (tertiary/aromatic N) is 2. The first kappa shape index (κ1) is 16.8. The van der Waals surface area contributed by atoms with Crippen molar-refractivity contribution in [1.82, 2.24) is 14.9 Å². The zero-order valence-corrected chi connectivity index (χ0v) is 14.9. The molecule has 24 heavy (non-hydrogen) atoms. The van der Waals surface area contributed by atoms with Gasteiger partial charge in [-0.25, -0.2) is 18.1 Å². The van der Waals surface area contributed by atoms with Crippen LogP contribution < -0.4 is 4.72 Å². The summed E-state index contributed by atoms with van der Waals surface area (Å²) in [6, 6.07) is 9.85. The largest absolute Gasteiger partial charge is 0.360 e. The number of sulfonamides is 1. The predicted octanol–water partition coefficient (Wildman–Crippen LogP) is 2.94. The number of aryl methyl sites for hydroxylation is 2. The van der Waals surface area contributed by atoms with E-state index in [1.54, 1.807) is 19.4 Å². The summed E-state index contributed by atoms with van der Waals surface area (Å²) in [5.74, 6) is 0.294. The van der Waals surface area contributed by atoms with E-state index < -0.39 is 10.0 Å². The van der Waals surface area contributed by atoms with Crippen LogP contribution >= 0.6 is 11.3 Å².